The summed E-state index contributed by atoms with van der Waals surface area (Å²) >= 11 is 0. The molecule has 0 aromatic heterocycles. The van der Waals surface area contributed by atoms with Gasteiger partial charge in [-0.15, -0.1) is 0 Å². The summed E-state index contributed by atoms with van der Waals surface area (Å²) in [7, 11) is 1.18. The van der Waals surface area contributed by atoms with Crippen molar-refractivity contribution in [2.24, 2.45) is 5.41 Å². The second-order valence-electron chi connectivity index (χ2n) is 9.38. The highest BCUT2D eigenvalue weighted by Gasteiger charge is 2.32. The third-order valence-electron chi connectivity index (χ3n) is 4.08. The van der Waals surface area contributed by atoms with Crippen molar-refractivity contribution in [2.45, 2.75) is 66.2 Å². The van der Waals surface area contributed by atoms with Crippen LogP contribution >= 0.6 is 0 Å². The van der Waals surface area contributed by atoms with Crippen LogP contribution in [-0.2, 0) is 24.0 Å². The number of nitrogens with zero attached hydrogens (tertiary/aromatic N) is 2. The van der Waals surface area contributed by atoms with Gasteiger partial charge in [0.1, 0.15) is 12.7 Å². The van der Waals surface area contributed by atoms with Crippen molar-refractivity contribution in [2.75, 3.05) is 40.0 Å². The summed E-state index contributed by atoms with van der Waals surface area (Å²) in [6, 6.07) is 0. The van der Waals surface area contributed by atoms with Crippen LogP contribution < -0.4 is 0 Å². The van der Waals surface area contributed by atoms with Gasteiger partial charge in [0.05, 0.1) is 12.6 Å². The lowest BCUT2D eigenvalue weighted by atomic mass is 9.90. The number of hydrogen-bond donors (Lipinski definition) is 0. The molecule has 0 rings (SSSR count). The fourth-order valence-electron chi connectivity index (χ4n) is 2.31. The molecule has 0 aliphatic carbocycles. The van der Waals surface area contributed by atoms with Crippen LogP contribution in [0, 0.1) is 5.41 Å². The quantitative estimate of drug-likeness (QED) is 0.445. The van der Waals surface area contributed by atoms with Gasteiger partial charge in [0.25, 0.3) is 0 Å². The molecule has 156 valence electrons. The molecule has 0 saturated carbocycles. The van der Waals surface area contributed by atoms with Crippen molar-refractivity contribution in [3.05, 3.63) is 0 Å². The molecule has 1 unspecified atom stereocenters. The zero-order chi connectivity index (χ0) is 20.9. The van der Waals surface area contributed by atoms with E-state index in [0.29, 0.717) is 6.54 Å². The van der Waals surface area contributed by atoms with E-state index in [0.717, 1.165) is 0 Å². The van der Waals surface area contributed by atoms with Crippen molar-refractivity contribution in [1.82, 2.24) is 9.21 Å². The summed E-state index contributed by atoms with van der Waals surface area (Å²) in [5, 5.41) is 0. The average molecular weight is 393 g/mol. The molecule has 0 fully saturated rings. The van der Waals surface area contributed by atoms with Gasteiger partial charge in [-0.05, 0) is 53.1 Å². The Bertz CT molecular complexity index is 545. The number of esters is 1. The lowest BCUT2D eigenvalue weighted by molar-refractivity contribution is -0.152. The summed E-state index contributed by atoms with van der Waals surface area (Å²) in [6.45, 7) is 15.0. The second-order valence-corrected chi connectivity index (χ2v) is 11.7. The molecule has 0 aromatic rings. The SMILES string of the molecule is C=S(C)(=O)N(C[C@@H](COC(=O)CN(C)C)O[C@@H](C)C(C)(C)C)C(C)(C)C. The molecule has 0 saturated heterocycles. The maximum Gasteiger partial charge on any atom is 0.320 e. The van der Waals surface area contributed by atoms with Gasteiger partial charge in [0, 0.05) is 28.0 Å². The molecule has 0 aliphatic rings. The summed E-state index contributed by atoms with van der Waals surface area (Å²) in [5.74, 6) is 3.53. The molecule has 0 spiro atoms. The molecule has 26 heavy (non-hydrogen) atoms. The standard InChI is InChI=1S/C19H40N2O4S/c1-15(18(2,3)4)25-16(14-24-17(22)13-20(8)9)12-21(19(5,6)7)26(10,11)23/h15-16H,10,12-14H2,1-9,11H3/t15-,16-,26?/m0/s1. The molecule has 0 amide bonds. The van der Waals surface area contributed by atoms with E-state index < -0.39 is 15.8 Å². The fourth-order valence-corrected chi connectivity index (χ4v) is 3.95. The molecule has 0 bridgehead atoms. The first kappa shape index (κ1) is 25.4. The first-order chi connectivity index (χ1) is 11.4. The van der Waals surface area contributed by atoms with Gasteiger partial charge in [-0.25, -0.2) is 4.31 Å². The molecular formula is C19H40N2O4S. The van der Waals surface area contributed by atoms with Crippen LogP contribution in [0.4, 0.5) is 0 Å². The van der Waals surface area contributed by atoms with Crippen molar-refractivity contribution in [3.8, 4) is 0 Å². The lowest BCUT2D eigenvalue weighted by Gasteiger charge is -2.40. The zero-order valence-corrected chi connectivity index (χ0v) is 19.2. The zero-order valence-electron chi connectivity index (χ0n) is 18.4. The molecule has 0 radical (unpaired) electrons. The number of likely N-dealkylation sites (N-methyl/N-ethyl adjacent to an activating group) is 1. The Morgan fingerprint density at radius 3 is 2.00 bits per heavy atom. The van der Waals surface area contributed by atoms with Gasteiger partial charge >= 0.3 is 5.97 Å². The van der Waals surface area contributed by atoms with Crippen LogP contribution in [0.3, 0.4) is 0 Å². The maximum absolute atomic E-state index is 12.7. The predicted molar refractivity (Wildman–Crippen MR) is 111 cm³/mol. The molecule has 0 aromatic carbocycles. The van der Waals surface area contributed by atoms with Gasteiger partial charge in [-0.1, -0.05) is 20.8 Å². The lowest BCUT2D eigenvalue weighted by Crippen LogP contribution is -2.51. The van der Waals surface area contributed by atoms with E-state index in [2.05, 4.69) is 26.6 Å². The Morgan fingerprint density at radius 2 is 1.65 bits per heavy atom. The summed E-state index contributed by atoms with van der Waals surface area (Å²) in [5.41, 5.74) is -0.412. The van der Waals surface area contributed by atoms with Crippen LogP contribution in [0.5, 0.6) is 0 Å². The largest absolute Gasteiger partial charge is 0.462 e. The van der Waals surface area contributed by atoms with E-state index in [4.69, 9.17) is 9.47 Å². The van der Waals surface area contributed by atoms with E-state index in [1.54, 1.807) is 11.2 Å². The van der Waals surface area contributed by atoms with Crippen molar-refractivity contribution in [3.63, 3.8) is 0 Å². The topological polar surface area (TPSA) is 59.1 Å². The minimum atomic E-state index is -2.44. The molecule has 3 atom stereocenters. The maximum atomic E-state index is 12.7. The molecule has 0 aliphatic heterocycles. The van der Waals surface area contributed by atoms with E-state index in [-0.39, 0.29) is 36.2 Å². The monoisotopic (exact) mass is 392 g/mol. The number of carbonyl (C=O) groups excluding carboxylic acids is 1. The smallest absolute Gasteiger partial charge is 0.320 e. The highest BCUT2D eigenvalue weighted by atomic mass is 32.2. The number of rotatable bonds is 9. The first-order valence-corrected chi connectivity index (χ1v) is 11.1. The van der Waals surface area contributed by atoms with Crippen molar-refractivity contribution in [1.29, 1.82) is 0 Å². The van der Waals surface area contributed by atoms with E-state index >= 15 is 0 Å². The Labute approximate surface area is 161 Å². The van der Waals surface area contributed by atoms with Gasteiger partial charge < -0.3 is 9.47 Å². The minimum absolute atomic E-state index is 0.0559. The summed E-state index contributed by atoms with van der Waals surface area (Å²) < 4.78 is 26.1. The van der Waals surface area contributed by atoms with Crippen LogP contribution in [-0.4, -0.2) is 83.0 Å². The van der Waals surface area contributed by atoms with Gasteiger partial charge in [0.15, 0.2) is 0 Å². The normalized spacial score (nSPS) is 17.8. The molecule has 7 heteroatoms. The third-order valence-corrected chi connectivity index (χ3v) is 5.70. The fraction of sp³-hybridized carbons (Fsp3) is 0.895. The van der Waals surface area contributed by atoms with Gasteiger partial charge in [0.2, 0.25) is 0 Å². The van der Waals surface area contributed by atoms with Crippen LogP contribution in [0.25, 0.3) is 0 Å². The molecule has 0 heterocycles. The number of carbonyl (C=O) groups is 1. The summed E-state index contributed by atoms with van der Waals surface area (Å²) in [4.78, 5) is 13.7. The van der Waals surface area contributed by atoms with Crippen LogP contribution in [0.2, 0.25) is 0 Å². The Morgan fingerprint density at radius 1 is 1.15 bits per heavy atom. The Hall–Kier alpha value is -0.630. The Balaban J connectivity index is 5.33. The van der Waals surface area contributed by atoms with E-state index in [1.165, 1.54) is 0 Å². The average Bonchev–Trinajstić information content (AvgIpc) is 2.36. The molecular weight excluding hydrogens is 352 g/mol. The molecule has 0 N–H and O–H groups in total. The van der Waals surface area contributed by atoms with Gasteiger partial charge in [-0.2, -0.15) is 0 Å². The minimum Gasteiger partial charge on any atom is -0.462 e. The third kappa shape index (κ3) is 9.90. The van der Waals surface area contributed by atoms with E-state index in [9.17, 15) is 9.00 Å². The van der Waals surface area contributed by atoms with Gasteiger partial charge in [-0.3, -0.25) is 13.9 Å². The first-order valence-electron chi connectivity index (χ1n) is 9.00. The molecule has 6 nitrogen and oxygen atoms in total. The highest BCUT2D eigenvalue weighted by Crippen LogP contribution is 2.25. The highest BCUT2D eigenvalue weighted by molar-refractivity contribution is 7.97. The Kier molecular flexibility index (Phi) is 9.30. The summed E-state index contributed by atoms with van der Waals surface area (Å²) in [6.07, 6.45) is 1.18. The van der Waals surface area contributed by atoms with Crippen LogP contribution in [0.15, 0.2) is 0 Å². The second kappa shape index (κ2) is 9.53. The van der Waals surface area contributed by atoms with Crippen molar-refractivity contribution >= 4 is 21.5 Å². The van der Waals surface area contributed by atoms with Crippen molar-refractivity contribution < 1.29 is 18.5 Å². The number of ether oxygens (including phenoxy) is 2. The predicted octanol–water partition coefficient (Wildman–Crippen LogP) is 2.27. The van der Waals surface area contributed by atoms with Crippen LogP contribution in [0.1, 0.15) is 48.5 Å². The van der Waals surface area contributed by atoms with E-state index in [1.807, 2.05) is 46.1 Å². The number of hydrogen-bond acceptors (Lipinski definition) is 5.